The number of hydrogen-bond donors (Lipinski definition) is 1. The van der Waals surface area contributed by atoms with Crippen LogP contribution in [-0.2, 0) is 4.79 Å². The Hall–Kier alpha value is -0.440. The third-order valence-corrected chi connectivity index (χ3v) is 2.49. The Morgan fingerprint density at radius 1 is 1.36 bits per heavy atom. The molecule has 1 atom stereocenters. The van der Waals surface area contributed by atoms with E-state index in [9.17, 15) is 4.79 Å². The minimum Gasteiger partial charge on any atom is -0.325 e. The summed E-state index contributed by atoms with van der Waals surface area (Å²) in [5.74, 6) is -0.273. The quantitative estimate of drug-likeness (QED) is 0.801. The first-order chi connectivity index (χ1) is 6.50. The van der Waals surface area contributed by atoms with Gasteiger partial charge in [-0.05, 0) is 25.1 Å². The maximum atomic E-state index is 11.2. The van der Waals surface area contributed by atoms with Crippen molar-refractivity contribution in [3.8, 4) is 0 Å². The van der Waals surface area contributed by atoms with Crippen molar-refractivity contribution in [3.05, 3.63) is 28.2 Å². The second kappa shape index (κ2) is 4.87. The predicted molar refractivity (Wildman–Crippen MR) is 60.4 cm³/mol. The van der Waals surface area contributed by atoms with Crippen molar-refractivity contribution >= 4 is 46.4 Å². The number of rotatable bonds is 2. The molecular weight excluding hydrogens is 244 g/mol. The van der Waals surface area contributed by atoms with E-state index in [4.69, 9.17) is 34.8 Å². The Kier molecular flexibility index (Phi) is 4.05. The molecule has 0 radical (unpaired) electrons. The molecule has 0 aromatic heterocycles. The van der Waals surface area contributed by atoms with Crippen LogP contribution in [0.2, 0.25) is 10.0 Å². The van der Waals surface area contributed by atoms with E-state index in [1.165, 1.54) is 0 Å². The van der Waals surface area contributed by atoms with Gasteiger partial charge in [0.2, 0.25) is 5.91 Å². The van der Waals surface area contributed by atoms with E-state index in [1.54, 1.807) is 25.1 Å². The maximum Gasteiger partial charge on any atom is 0.242 e. The summed E-state index contributed by atoms with van der Waals surface area (Å²) in [7, 11) is 0. The zero-order valence-electron chi connectivity index (χ0n) is 7.35. The highest BCUT2D eigenvalue weighted by atomic mass is 35.5. The molecule has 0 bridgehead atoms. The molecule has 1 rings (SSSR count). The lowest BCUT2D eigenvalue weighted by molar-refractivity contribution is -0.115. The van der Waals surface area contributed by atoms with Crippen LogP contribution in [0.25, 0.3) is 0 Å². The predicted octanol–water partition coefficient (Wildman–Crippen LogP) is 3.56. The van der Waals surface area contributed by atoms with Gasteiger partial charge in [-0.25, -0.2) is 0 Å². The summed E-state index contributed by atoms with van der Waals surface area (Å²) in [5.41, 5.74) is 0.580. The second-order valence-corrected chi connectivity index (χ2v) is 4.20. The van der Waals surface area contributed by atoms with Gasteiger partial charge in [0, 0.05) is 5.69 Å². The number of nitrogens with one attached hydrogen (secondary N) is 1. The number of amides is 1. The van der Waals surface area contributed by atoms with Crippen molar-refractivity contribution in [2.75, 3.05) is 5.32 Å². The van der Waals surface area contributed by atoms with Crippen LogP contribution < -0.4 is 5.32 Å². The van der Waals surface area contributed by atoms with Crippen LogP contribution in [0.5, 0.6) is 0 Å². The molecule has 1 unspecified atom stereocenters. The molecule has 0 saturated heterocycles. The van der Waals surface area contributed by atoms with Crippen LogP contribution in [0.4, 0.5) is 5.69 Å². The minimum absolute atomic E-state index is 0.273. The largest absolute Gasteiger partial charge is 0.325 e. The number of benzene rings is 1. The summed E-state index contributed by atoms with van der Waals surface area (Å²) in [6.07, 6.45) is 0. The van der Waals surface area contributed by atoms with Gasteiger partial charge in [0.05, 0.1) is 10.0 Å². The summed E-state index contributed by atoms with van der Waals surface area (Å²) < 4.78 is 0. The topological polar surface area (TPSA) is 29.1 Å². The van der Waals surface area contributed by atoms with Gasteiger partial charge in [0.25, 0.3) is 0 Å². The van der Waals surface area contributed by atoms with Crippen molar-refractivity contribution in [3.63, 3.8) is 0 Å². The van der Waals surface area contributed by atoms with Gasteiger partial charge >= 0.3 is 0 Å². The SMILES string of the molecule is CC(Cl)C(=O)Nc1ccc(Cl)c(Cl)c1. The summed E-state index contributed by atoms with van der Waals surface area (Å²) in [6.45, 7) is 1.59. The first-order valence-corrected chi connectivity index (χ1v) is 5.10. The molecule has 76 valence electrons. The molecule has 0 saturated carbocycles. The molecule has 1 aromatic rings. The van der Waals surface area contributed by atoms with E-state index >= 15 is 0 Å². The molecule has 0 fully saturated rings. The van der Waals surface area contributed by atoms with Gasteiger partial charge in [0.15, 0.2) is 0 Å². The maximum absolute atomic E-state index is 11.2. The third-order valence-electron chi connectivity index (χ3n) is 1.55. The molecule has 0 aliphatic heterocycles. The van der Waals surface area contributed by atoms with Gasteiger partial charge in [-0.3, -0.25) is 4.79 Å². The van der Waals surface area contributed by atoms with Crippen molar-refractivity contribution in [1.29, 1.82) is 0 Å². The molecule has 14 heavy (non-hydrogen) atoms. The Balaban J connectivity index is 2.78. The number of hydrogen-bond acceptors (Lipinski definition) is 1. The van der Waals surface area contributed by atoms with Crippen LogP contribution in [0.3, 0.4) is 0 Å². The number of carbonyl (C=O) groups is 1. The summed E-state index contributed by atoms with van der Waals surface area (Å²) >= 11 is 17.0. The van der Waals surface area contributed by atoms with Crippen LogP contribution in [0.1, 0.15) is 6.92 Å². The number of halogens is 3. The molecule has 0 heterocycles. The normalized spacial score (nSPS) is 12.3. The van der Waals surface area contributed by atoms with E-state index in [0.29, 0.717) is 15.7 Å². The van der Waals surface area contributed by atoms with Crippen LogP contribution in [0, 0.1) is 0 Å². The third kappa shape index (κ3) is 3.05. The highest BCUT2D eigenvalue weighted by molar-refractivity contribution is 6.42. The van der Waals surface area contributed by atoms with Crippen molar-refractivity contribution in [1.82, 2.24) is 0 Å². The number of anilines is 1. The zero-order chi connectivity index (χ0) is 10.7. The average Bonchev–Trinajstić information content (AvgIpc) is 2.11. The molecule has 1 aromatic carbocycles. The lowest BCUT2D eigenvalue weighted by Gasteiger charge is -2.06. The number of alkyl halides is 1. The fraction of sp³-hybridized carbons (Fsp3) is 0.222. The molecular formula is C9H8Cl3NO. The highest BCUT2D eigenvalue weighted by Crippen LogP contribution is 2.25. The van der Waals surface area contributed by atoms with E-state index < -0.39 is 5.38 Å². The first kappa shape index (κ1) is 11.6. The van der Waals surface area contributed by atoms with Gasteiger partial charge < -0.3 is 5.32 Å². The van der Waals surface area contributed by atoms with Crippen molar-refractivity contribution in [2.45, 2.75) is 12.3 Å². The monoisotopic (exact) mass is 251 g/mol. The fourth-order valence-corrected chi connectivity index (χ4v) is 1.17. The van der Waals surface area contributed by atoms with Crippen LogP contribution >= 0.6 is 34.8 Å². The molecule has 0 spiro atoms. The smallest absolute Gasteiger partial charge is 0.242 e. The van der Waals surface area contributed by atoms with E-state index in [2.05, 4.69) is 5.32 Å². The van der Waals surface area contributed by atoms with E-state index in [1.807, 2.05) is 0 Å². The minimum atomic E-state index is -0.579. The first-order valence-electron chi connectivity index (χ1n) is 3.90. The van der Waals surface area contributed by atoms with Crippen molar-refractivity contribution in [2.24, 2.45) is 0 Å². The molecule has 2 nitrogen and oxygen atoms in total. The summed E-state index contributed by atoms with van der Waals surface area (Å²) in [6, 6.07) is 4.84. The fourth-order valence-electron chi connectivity index (χ4n) is 0.816. The average molecular weight is 253 g/mol. The van der Waals surface area contributed by atoms with Gasteiger partial charge in [-0.1, -0.05) is 23.2 Å². The molecule has 1 amide bonds. The van der Waals surface area contributed by atoms with Gasteiger partial charge in [0.1, 0.15) is 5.38 Å². The Bertz CT molecular complexity index is 352. The van der Waals surface area contributed by atoms with E-state index in [0.717, 1.165) is 0 Å². The lowest BCUT2D eigenvalue weighted by Crippen LogP contribution is -2.20. The Morgan fingerprint density at radius 2 is 2.00 bits per heavy atom. The highest BCUT2D eigenvalue weighted by Gasteiger charge is 2.09. The second-order valence-electron chi connectivity index (χ2n) is 2.73. The van der Waals surface area contributed by atoms with E-state index in [-0.39, 0.29) is 5.91 Å². The molecule has 5 heteroatoms. The Labute approximate surface area is 97.1 Å². The van der Waals surface area contributed by atoms with Crippen molar-refractivity contribution < 1.29 is 4.79 Å². The zero-order valence-corrected chi connectivity index (χ0v) is 9.62. The summed E-state index contributed by atoms with van der Waals surface area (Å²) in [4.78, 5) is 11.2. The molecule has 0 aliphatic carbocycles. The van der Waals surface area contributed by atoms with Crippen LogP contribution in [-0.4, -0.2) is 11.3 Å². The van der Waals surface area contributed by atoms with Gasteiger partial charge in [-0.15, -0.1) is 11.6 Å². The Morgan fingerprint density at radius 3 is 2.50 bits per heavy atom. The van der Waals surface area contributed by atoms with Crippen LogP contribution in [0.15, 0.2) is 18.2 Å². The summed E-state index contributed by atoms with van der Waals surface area (Å²) in [5, 5.41) is 2.86. The lowest BCUT2D eigenvalue weighted by atomic mass is 10.3. The molecule has 1 N–H and O–H groups in total. The number of carbonyl (C=O) groups excluding carboxylic acids is 1. The molecule has 0 aliphatic rings. The van der Waals surface area contributed by atoms with Gasteiger partial charge in [-0.2, -0.15) is 0 Å². The standard InChI is InChI=1S/C9H8Cl3NO/c1-5(10)9(14)13-6-2-3-7(11)8(12)4-6/h2-5H,1H3,(H,13,14).